The molecule has 4 heteroatoms. The fourth-order valence-electron chi connectivity index (χ4n) is 1.98. The van der Waals surface area contributed by atoms with Crippen molar-refractivity contribution in [2.24, 2.45) is 0 Å². The van der Waals surface area contributed by atoms with Crippen molar-refractivity contribution in [2.45, 2.75) is 25.9 Å². The lowest BCUT2D eigenvalue weighted by Crippen LogP contribution is -2.36. The van der Waals surface area contributed by atoms with Crippen molar-refractivity contribution in [1.29, 1.82) is 0 Å². The molecule has 2 aromatic rings. The van der Waals surface area contributed by atoms with Gasteiger partial charge in [-0.25, -0.2) is 4.39 Å². The van der Waals surface area contributed by atoms with Gasteiger partial charge in [-0.05, 0) is 43.7 Å². The second-order valence-corrected chi connectivity index (χ2v) is 6.51. The Morgan fingerprint density at radius 3 is 2.40 bits per heavy atom. The highest BCUT2D eigenvalue weighted by molar-refractivity contribution is 9.10. The van der Waals surface area contributed by atoms with Gasteiger partial charge < -0.3 is 5.32 Å². The Balaban J connectivity index is 2.15. The molecule has 0 spiro atoms. The van der Waals surface area contributed by atoms with Crippen LogP contribution in [0, 0.1) is 5.82 Å². The van der Waals surface area contributed by atoms with Crippen LogP contribution < -0.4 is 5.32 Å². The summed E-state index contributed by atoms with van der Waals surface area (Å²) in [5.41, 5.74) is 1.36. The monoisotopic (exact) mass is 355 g/mol. The van der Waals surface area contributed by atoms with Crippen molar-refractivity contribution in [2.75, 3.05) is 0 Å². The van der Waals surface area contributed by atoms with Gasteiger partial charge in [-0.15, -0.1) is 0 Å². The summed E-state index contributed by atoms with van der Waals surface area (Å²) in [6.45, 7) is 4.50. The fraction of sp³-hybridized carbons (Fsp3) is 0.250. The lowest BCUT2D eigenvalue weighted by Gasteiger charge is -2.27. The summed E-state index contributed by atoms with van der Waals surface area (Å²) < 4.78 is 14.8. The van der Waals surface area contributed by atoms with Crippen LogP contribution in [0.4, 0.5) is 4.39 Å². The van der Waals surface area contributed by atoms with E-state index in [4.69, 9.17) is 11.6 Å². The van der Waals surface area contributed by atoms with E-state index >= 15 is 0 Å². The molecule has 20 heavy (non-hydrogen) atoms. The van der Waals surface area contributed by atoms with Gasteiger partial charge in [0, 0.05) is 27.1 Å². The van der Waals surface area contributed by atoms with Crippen LogP contribution in [-0.4, -0.2) is 0 Å². The lowest BCUT2D eigenvalue weighted by molar-refractivity contribution is 0.396. The molecule has 1 N–H and O–H groups in total. The zero-order valence-corrected chi connectivity index (χ0v) is 13.7. The summed E-state index contributed by atoms with van der Waals surface area (Å²) in [6.07, 6.45) is 0. The van der Waals surface area contributed by atoms with Crippen molar-refractivity contribution in [3.05, 3.63) is 68.9 Å². The van der Waals surface area contributed by atoms with E-state index in [1.54, 1.807) is 12.1 Å². The van der Waals surface area contributed by atoms with Gasteiger partial charge in [0.05, 0.1) is 0 Å². The molecular weight excluding hydrogens is 341 g/mol. The molecule has 0 aromatic heterocycles. The third-order valence-electron chi connectivity index (χ3n) is 3.33. The average Bonchev–Trinajstić information content (AvgIpc) is 2.38. The predicted octanol–water partition coefficient (Wildman–Crippen LogP) is 5.27. The van der Waals surface area contributed by atoms with E-state index in [9.17, 15) is 4.39 Å². The average molecular weight is 357 g/mol. The Morgan fingerprint density at radius 1 is 1.15 bits per heavy atom. The van der Waals surface area contributed by atoms with E-state index in [2.05, 4.69) is 35.1 Å². The fourth-order valence-corrected chi connectivity index (χ4v) is 2.47. The van der Waals surface area contributed by atoms with Gasteiger partial charge in [-0.1, -0.05) is 45.7 Å². The summed E-state index contributed by atoms with van der Waals surface area (Å²) in [5, 5.41) is 3.80. The zero-order valence-electron chi connectivity index (χ0n) is 11.4. The molecule has 106 valence electrons. The Kier molecular flexibility index (Phi) is 4.84. The van der Waals surface area contributed by atoms with E-state index in [1.165, 1.54) is 6.07 Å². The molecule has 0 saturated carbocycles. The summed E-state index contributed by atoms with van der Waals surface area (Å²) in [7, 11) is 0. The summed E-state index contributed by atoms with van der Waals surface area (Å²) in [4.78, 5) is 0. The van der Waals surface area contributed by atoms with E-state index in [0.717, 1.165) is 10.0 Å². The van der Waals surface area contributed by atoms with Gasteiger partial charge in [0.15, 0.2) is 0 Å². The van der Waals surface area contributed by atoms with E-state index in [-0.39, 0.29) is 11.4 Å². The molecule has 0 fully saturated rings. The minimum atomic E-state index is -0.281. The van der Waals surface area contributed by atoms with Crippen molar-refractivity contribution in [1.82, 2.24) is 5.32 Å². The molecule has 0 atom stereocenters. The maximum atomic E-state index is 13.8. The number of hydrogen-bond donors (Lipinski definition) is 1. The van der Waals surface area contributed by atoms with Crippen LogP contribution in [0.2, 0.25) is 5.02 Å². The zero-order chi connectivity index (χ0) is 14.8. The molecule has 0 bridgehead atoms. The predicted molar refractivity (Wildman–Crippen MR) is 85.4 cm³/mol. The van der Waals surface area contributed by atoms with Crippen molar-refractivity contribution in [3.63, 3.8) is 0 Å². The highest BCUT2D eigenvalue weighted by Crippen LogP contribution is 2.24. The van der Waals surface area contributed by atoms with Gasteiger partial charge in [0.1, 0.15) is 5.82 Å². The van der Waals surface area contributed by atoms with Crippen LogP contribution in [-0.2, 0) is 12.1 Å². The molecule has 2 aromatic carbocycles. The molecule has 0 aliphatic heterocycles. The summed E-state index contributed by atoms with van der Waals surface area (Å²) in [5.74, 6) is -0.281. The molecule has 1 nitrogen and oxygen atoms in total. The van der Waals surface area contributed by atoms with Crippen molar-refractivity contribution < 1.29 is 4.39 Å². The molecule has 0 aliphatic rings. The second-order valence-electron chi connectivity index (χ2n) is 5.19. The summed E-state index contributed by atoms with van der Waals surface area (Å²) in [6, 6.07) is 12.8. The minimum Gasteiger partial charge on any atom is -0.304 e. The molecule has 0 radical (unpaired) electrons. The third kappa shape index (κ3) is 3.60. The van der Waals surface area contributed by atoms with Crippen LogP contribution in [0.3, 0.4) is 0 Å². The maximum absolute atomic E-state index is 13.8. The summed E-state index contributed by atoms with van der Waals surface area (Å²) >= 11 is 9.46. The standard InChI is InChI=1S/C16H16BrClFN/c1-16(2,11-6-8-12(17)9-7-11)20-10-13-14(18)4-3-5-15(13)19/h3-9,20H,10H2,1-2H3. The molecule has 0 aliphatic carbocycles. The normalized spacial score (nSPS) is 11.7. The topological polar surface area (TPSA) is 12.0 Å². The molecule has 0 unspecified atom stereocenters. The Bertz CT molecular complexity index is 576. The van der Waals surface area contributed by atoms with Gasteiger partial charge in [-0.3, -0.25) is 0 Å². The Labute approximate surface area is 132 Å². The number of rotatable bonds is 4. The first-order valence-electron chi connectivity index (χ1n) is 6.34. The van der Waals surface area contributed by atoms with Gasteiger partial charge in [-0.2, -0.15) is 0 Å². The minimum absolute atomic E-state index is 0.272. The van der Waals surface area contributed by atoms with Crippen LogP contribution in [0.1, 0.15) is 25.0 Å². The number of halogens is 3. The molecular formula is C16H16BrClFN. The van der Waals surface area contributed by atoms with Crippen LogP contribution in [0.15, 0.2) is 46.9 Å². The quantitative estimate of drug-likeness (QED) is 0.787. The second kappa shape index (κ2) is 6.25. The smallest absolute Gasteiger partial charge is 0.129 e. The number of hydrogen-bond acceptors (Lipinski definition) is 1. The lowest BCUT2D eigenvalue weighted by atomic mass is 9.94. The first-order valence-corrected chi connectivity index (χ1v) is 7.51. The van der Waals surface area contributed by atoms with E-state index in [0.29, 0.717) is 17.1 Å². The highest BCUT2D eigenvalue weighted by Gasteiger charge is 2.20. The maximum Gasteiger partial charge on any atom is 0.129 e. The molecule has 0 heterocycles. The van der Waals surface area contributed by atoms with Crippen molar-refractivity contribution in [3.8, 4) is 0 Å². The number of nitrogens with one attached hydrogen (secondary N) is 1. The van der Waals surface area contributed by atoms with Crippen LogP contribution in [0.5, 0.6) is 0 Å². The Morgan fingerprint density at radius 2 is 1.80 bits per heavy atom. The van der Waals surface area contributed by atoms with Gasteiger partial charge >= 0.3 is 0 Å². The van der Waals surface area contributed by atoms with E-state index < -0.39 is 0 Å². The highest BCUT2D eigenvalue weighted by atomic mass is 79.9. The van der Waals surface area contributed by atoms with Gasteiger partial charge in [0.25, 0.3) is 0 Å². The van der Waals surface area contributed by atoms with Gasteiger partial charge in [0.2, 0.25) is 0 Å². The van der Waals surface area contributed by atoms with Crippen LogP contribution >= 0.6 is 27.5 Å². The van der Waals surface area contributed by atoms with E-state index in [1.807, 2.05) is 24.3 Å². The largest absolute Gasteiger partial charge is 0.304 e. The molecule has 2 rings (SSSR count). The Hall–Kier alpha value is -0.900. The van der Waals surface area contributed by atoms with Crippen molar-refractivity contribution >= 4 is 27.5 Å². The van der Waals surface area contributed by atoms with Crippen LogP contribution in [0.25, 0.3) is 0 Å². The molecule has 0 amide bonds. The first-order chi connectivity index (χ1) is 9.40. The SMILES string of the molecule is CC(C)(NCc1c(F)cccc1Cl)c1ccc(Br)cc1. The molecule has 0 saturated heterocycles. The first kappa shape index (κ1) is 15.5. The number of benzene rings is 2. The third-order valence-corrected chi connectivity index (χ3v) is 4.22.